The molecule has 0 saturated carbocycles. The van der Waals surface area contributed by atoms with Crippen LogP contribution in [0.3, 0.4) is 0 Å². The molecule has 110 valence electrons. The molecule has 0 radical (unpaired) electrons. The van der Waals surface area contributed by atoms with Gasteiger partial charge in [0, 0.05) is 25.2 Å². The number of amides is 1. The summed E-state index contributed by atoms with van der Waals surface area (Å²) in [6, 6.07) is 7.81. The van der Waals surface area contributed by atoms with Crippen molar-refractivity contribution in [1.29, 1.82) is 0 Å². The van der Waals surface area contributed by atoms with Crippen molar-refractivity contribution >= 4 is 5.91 Å². The van der Waals surface area contributed by atoms with E-state index in [1.54, 1.807) is 0 Å². The van der Waals surface area contributed by atoms with Crippen molar-refractivity contribution in [2.75, 3.05) is 19.7 Å². The molecule has 1 heterocycles. The molecule has 1 unspecified atom stereocenters. The average Bonchev–Trinajstić information content (AvgIpc) is 2.99. The third-order valence-corrected chi connectivity index (χ3v) is 3.66. The van der Waals surface area contributed by atoms with Crippen molar-refractivity contribution in [3.63, 3.8) is 0 Å². The molecule has 1 aliphatic rings. The molecule has 1 amide bonds. The number of ether oxygens (including phenoxy) is 1. The number of carbonyl (C=O) groups is 1. The van der Waals surface area contributed by atoms with Gasteiger partial charge in [-0.2, -0.15) is 0 Å². The zero-order chi connectivity index (χ0) is 14.4. The maximum Gasteiger partial charge on any atom is 0.239 e. The number of hydrogen-bond donors (Lipinski definition) is 1. The van der Waals surface area contributed by atoms with E-state index in [2.05, 4.69) is 5.32 Å². The SMILES string of the molecule is CCOc1ccccc1CNC(C)C(=O)N1CCCC1. The summed E-state index contributed by atoms with van der Waals surface area (Å²) in [6.45, 7) is 7.02. The summed E-state index contributed by atoms with van der Waals surface area (Å²) < 4.78 is 5.59. The van der Waals surface area contributed by atoms with Gasteiger partial charge in [0.25, 0.3) is 0 Å². The van der Waals surface area contributed by atoms with Gasteiger partial charge in [0.1, 0.15) is 5.75 Å². The molecule has 0 bridgehead atoms. The Morgan fingerprint density at radius 1 is 1.35 bits per heavy atom. The van der Waals surface area contributed by atoms with Crippen LogP contribution in [0.5, 0.6) is 5.75 Å². The smallest absolute Gasteiger partial charge is 0.239 e. The van der Waals surface area contributed by atoms with Gasteiger partial charge >= 0.3 is 0 Å². The fourth-order valence-electron chi connectivity index (χ4n) is 2.51. The quantitative estimate of drug-likeness (QED) is 0.866. The van der Waals surface area contributed by atoms with E-state index >= 15 is 0 Å². The average molecular weight is 276 g/mol. The summed E-state index contributed by atoms with van der Waals surface area (Å²) >= 11 is 0. The molecular formula is C16H24N2O2. The summed E-state index contributed by atoms with van der Waals surface area (Å²) in [5, 5.41) is 3.30. The monoisotopic (exact) mass is 276 g/mol. The summed E-state index contributed by atoms with van der Waals surface area (Å²) in [4.78, 5) is 14.2. The fourth-order valence-corrected chi connectivity index (χ4v) is 2.51. The van der Waals surface area contributed by atoms with Crippen LogP contribution in [0.15, 0.2) is 24.3 Å². The molecule has 1 aliphatic heterocycles. The Bertz CT molecular complexity index is 442. The molecule has 0 aliphatic carbocycles. The minimum Gasteiger partial charge on any atom is -0.494 e. The fraction of sp³-hybridized carbons (Fsp3) is 0.562. The van der Waals surface area contributed by atoms with E-state index in [1.807, 2.05) is 43.0 Å². The van der Waals surface area contributed by atoms with Crippen LogP contribution in [-0.4, -0.2) is 36.5 Å². The summed E-state index contributed by atoms with van der Waals surface area (Å²) in [5.74, 6) is 1.10. The van der Waals surface area contributed by atoms with Crippen molar-refractivity contribution in [2.24, 2.45) is 0 Å². The molecule has 2 rings (SSSR count). The number of likely N-dealkylation sites (tertiary alicyclic amines) is 1. The Hall–Kier alpha value is -1.55. The van der Waals surface area contributed by atoms with Gasteiger partial charge < -0.3 is 15.0 Å². The molecule has 1 aromatic rings. The van der Waals surface area contributed by atoms with E-state index in [-0.39, 0.29) is 11.9 Å². The number of hydrogen-bond acceptors (Lipinski definition) is 3. The molecule has 20 heavy (non-hydrogen) atoms. The van der Waals surface area contributed by atoms with Crippen LogP contribution in [0.25, 0.3) is 0 Å². The number of nitrogens with one attached hydrogen (secondary N) is 1. The molecule has 4 nitrogen and oxygen atoms in total. The van der Waals surface area contributed by atoms with Crippen LogP contribution in [0.2, 0.25) is 0 Å². The standard InChI is InChI=1S/C16H24N2O2/c1-3-20-15-9-5-4-8-14(15)12-17-13(2)16(19)18-10-6-7-11-18/h4-5,8-9,13,17H,3,6-7,10-12H2,1-2H3. The van der Waals surface area contributed by atoms with E-state index in [4.69, 9.17) is 4.74 Å². The molecule has 1 N–H and O–H groups in total. The maximum absolute atomic E-state index is 12.2. The van der Waals surface area contributed by atoms with Crippen LogP contribution >= 0.6 is 0 Å². The first-order valence-corrected chi connectivity index (χ1v) is 7.45. The second kappa shape index (κ2) is 7.29. The summed E-state index contributed by atoms with van der Waals surface area (Å²) in [7, 11) is 0. The Balaban J connectivity index is 1.89. The lowest BCUT2D eigenvalue weighted by Crippen LogP contribution is -2.43. The highest BCUT2D eigenvalue weighted by Gasteiger charge is 2.22. The second-order valence-electron chi connectivity index (χ2n) is 5.18. The molecule has 1 fully saturated rings. The van der Waals surface area contributed by atoms with Crippen molar-refractivity contribution in [3.8, 4) is 5.75 Å². The molecule has 4 heteroatoms. The zero-order valence-electron chi connectivity index (χ0n) is 12.4. The minimum absolute atomic E-state index is 0.150. The maximum atomic E-state index is 12.2. The van der Waals surface area contributed by atoms with Crippen molar-refractivity contribution in [1.82, 2.24) is 10.2 Å². The normalized spacial score (nSPS) is 16.2. The number of carbonyl (C=O) groups excluding carboxylic acids is 1. The number of rotatable bonds is 6. The van der Waals surface area contributed by atoms with E-state index in [9.17, 15) is 4.79 Å². The highest BCUT2D eigenvalue weighted by atomic mass is 16.5. The number of nitrogens with zero attached hydrogens (tertiary/aromatic N) is 1. The third kappa shape index (κ3) is 3.73. The highest BCUT2D eigenvalue weighted by Crippen LogP contribution is 2.18. The topological polar surface area (TPSA) is 41.6 Å². The highest BCUT2D eigenvalue weighted by molar-refractivity contribution is 5.81. The van der Waals surface area contributed by atoms with E-state index in [0.717, 1.165) is 37.2 Å². The van der Waals surface area contributed by atoms with Crippen LogP contribution in [0.1, 0.15) is 32.3 Å². The van der Waals surface area contributed by atoms with Gasteiger partial charge in [-0.25, -0.2) is 0 Å². The van der Waals surface area contributed by atoms with Gasteiger partial charge in [-0.1, -0.05) is 18.2 Å². The van der Waals surface area contributed by atoms with E-state index in [1.165, 1.54) is 0 Å². The lowest BCUT2D eigenvalue weighted by atomic mass is 10.2. The molecule has 1 atom stereocenters. The first-order chi connectivity index (χ1) is 9.72. The van der Waals surface area contributed by atoms with E-state index in [0.29, 0.717) is 13.2 Å². The van der Waals surface area contributed by atoms with Gasteiger partial charge in [-0.05, 0) is 32.8 Å². The van der Waals surface area contributed by atoms with Crippen molar-refractivity contribution in [3.05, 3.63) is 29.8 Å². The van der Waals surface area contributed by atoms with Crippen LogP contribution in [-0.2, 0) is 11.3 Å². The van der Waals surface area contributed by atoms with Gasteiger partial charge in [0.05, 0.1) is 12.6 Å². The van der Waals surface area contributed by atoms with Gasteiger partial charge in [-0.3, -0.25) is 4.79 Å². The second-order valence-corrected chi connectivity index (χ2v) is 5.18. The summed E-state index contributed by atoms with van der Waals surface area (Å²) in [6.07, 6.45) is 2.26. The zero-order valence-corrected chi connectivity index (χ0v) is 12.4. The lowest BCUT2D eigenvalue weighted by molar-refractivity contribution is -0.131. The lowest BCUT2D eigenvalue weighted by Gasteiger charge is -2.21. The molecule has 0 aromatic heterocycles. The largest absolute Gasteiger partial charge is 0.494 e. The molecular weight excluding hydrogens is 252 g/mol. The number of para-hydroxylation sites is 1. The Labute approximate surface area is 121 Å². The van der Waals surface area contributed by atoms with Crippen molar-refractivity contribution in [2.45, 2.75) is 39.3 Å². The van der Waals surface area contributed by atoms with Crippen LogP contribution in [0.4, 0.5) is 0 Å². The molecule has 1 saturated heterocycles. The Morgan fingerprint density at radius 3 is 2.75 bits per heavy atom. The minimum atomic E-state index is -0.150. The van der Waals surface area contributed by atoms with Crippen LogP contribution in [0, 0.1) is 0 Å². The van der Waals surface area contributed by atoms with Crippen molar-refractivity contribution < 1.29 is 9.53 Å². The van der Waals surface area contributed by atoms with Gasteiger partial charge in [0.2, 0.25) is 5.91 Å². The third-order valence-electron chi connectivity index (χ3n) is 3.66. The van der Waals surface area contributed by atoms with E-state index < -0.39 is 0 Å². The molecule has 1 aromatic carbocycles. The number of benzene rings is 1. The first kappa shape index (κ1) is 14.9. The van der Waals surface area contributed by atoms with Gasteiger partial charge in [0.15, 0.2) is 0 Å². The summed E-state index contributed by atoms with van der Waals surface area (Å²) in [5.41, 5.74) is 1.09. The predicted molar refractivity (Wildman–Crippen MR) is 79.7 cm³/mol. The van der Waals surface area contributed by atoms with Crippen LogP contribution < -0.4 is 10.1 Å². The Kier molecular flexibility index (Phi) is 5.41. The molecule has 0 spiro atoms. The van der Waals surface area contributed by atoms with Gasteiger partial charge in [-0.15, -0.1) is 0 Å². The Morgan fingerprint density at radius 2 is 2.05 bits per heavy atom. The first-order valence-electron chi connectivity index (χ1n) is 7.45. The predicted octanol–water partition coefficient (Wildman–Crippen LogP) is 2.19.